The van der Waals surface area contributed by atoms with Crippen LogP contribution in [0, 0.1) is 6.92 Å². The summed E-state index contributed by atoms with van der Waals surface area (Å²) in [4.78, 5) is 0. The Morgan fingerprint density at radius 3 is 3.00 bits per heavy atom. The maximum atomic E-state index is 4.63. The maximum absolute atomic E-state index is 4.63. The van der Waals surface area contributed by atoms with Crippen LogP contribution in [0.1, 0.15) is 11.4 Å². The van der Waals surface area contributed by atoms with Crippen molar-refractivity contribution in [3.05, 3.63) is 11.4 Å². The number of likely N-dealkylation sites (N-methyl/N-ethyl adjacent to an activating group) is 1. The molecular weight excluding hydrogens is 242 g/mol. The average molecular weight is 255 g/mol. The molecule has 2 aromatic rings. The molecule has 2 heterocycles. The van der Waals surface area contributed by atoms with Crippen molar-refractivity contribution in [2.24, 2.45) is 0 Å². The number of hydrogen-bond acceptors (Lipinski definition) is 8. The molecule has 17 heavy (non-hydrogen) atoms. The predicted molar refractivity (Wildman–Crippen MR) is 60.3 cm³/mol. The Morgan fingerprint density at radius 2 is 2.29 bits per heavy atom. The topological polar surface area (TPSA) is 94.6 Å². The van der Waals surface area contributed by atoms with E-state index < -0.39 is 0 Å². The van der Waals surface area contributed by atoms with Crippen LogP contribution in [0.5, 0.6) is 0 Å². The lowest BCUT2D eigenvalue weighted by atomic mass is 10.4. The van der Waals surface area contributed by atoms with Gasteiger partial charge in [0.2, 0.25) is 5.16 Å². The second-order valence-corrected chi connectivity index (χ2v) is 4.32. The third kappa shape index (κ3) is 3.01. The first-order valence-electron chi connectivity index (χ1n) is 5.13. The van der Waals surface area contributed by atoms with Gasteiger partial charge in [0.25, 0.3) is 0 Å². The third-order valence-electron chi connectivity index (χ3n) is 2.16. The minimum atomic E-state index is 0.648. The summed E-state index contributed by atoms with van der Waals surface area (Å²) in [5.74, 6) is 0.648. The molecule has 92 valence electrons. The summed E-state index contributed by atoms with van der Waals surface area (Å²) in [6.45, 7) is 3.42. The summed E-state index contributed by atoms with van der Waals surface area (Å²) in [6.07, 6.45) is 0. The van der Waals surface area contributed by atoms with E-state index in [0.29, 0.717) is 5.75 Å². The number of nitrogens with one attached hydrogen (secondary N) is 1. The van der Waals surface area contributed by atoms with Gasteiger partial charge in [0, 0.05) is 12.3 Å². The van der Waals surface area contributed by atoms with Crippen molar-refractivity contribution in [1.29, 1.82) is 0 Å². The van der Waals surface area contributed by atoms with Crippen molar-refractivity contribution in [2.75, 3.05) is 13.6 Å². The largest absolute Gasteiger partial charge is 0.318 e. The summed E-state index contributed by atoms with van der Waals surface area (Å²) in [6, 6.07) is 0. The average Bonchev–Trinajstić information content (AvgIpc) is 2.93. The van der Waals surface area contributed by atoms with Gasteiger partial charge in [0.05, 0.1) is 6.54 Å². The van der Waals surface area contributed by atoms with Gasteiger partial charge in [-0.1, -0.05) is 22.1 Å². The molecule has 0 atom stereocenters. The van der Waals surface area contributed by atoms with Gasteiger partial charge < -0.3 is 5.32 Å². The molecule has 8 nitrogen and oxygen atoms in total. The number of tetrazole rings is 1. The van der Waals surface area contributed by atoms with Gasteiger partial charge in [-0.2, -0.15) is 0 Å². The summed E-state index contributed by atoms with van der Waals surface area (Å²) in [5, 5.41) is 22.9. The Balaban J connectivity index is 1.95. The minimum Gasteiger partial charge on any atom is -0.318 e. The minimum absolute atomic E-state index is 0.648. The molecule has 0 aliphatic carbocycles. The van der Waals surface area contributed by atoms with E-state index in [2.05, 4.69) is 35.8 Å². The monoisotopic (exact) mass is 255 g/mol. The van der Waals surface area contributed by atoms with Gasteiger partial charge in [-0.15, -0.1) is 5.10 Å². The van der Waals surface area contributed by atoms with E-state index in [-0.39, 0.29) is 0 Å². The van der Waals surface area contributed by atoms with E-state index >= 15 is 0 Å². The van der Waals surface area contributed by atoms with Gasteiger partial charge in [-0.05, 0) is 24.4 Å². The fourth-order valence-electron chi connectivity index (χ4n) is 1.17. The summed E-state index contributed by atoms with van der Waals surface area (Å²) < 4.78 is 6.38. The van der Waals surface area contributed by atoms with Crippen LogP contribution in [0.25, 0.3) is 0 Å². The molecule has 0 fully saturated rings. The Morgan fingerprint density at radius 1 is 1.41 bits per heavy atom. The van der Waals surface area contributed by atoms with Gasteiger partial charge in [-0.25, -0.2) is 9.31 Å². The molecule has 0 spiro atoms. The third-order valence-corrected chi connectivity index (χ3v) is 3.13. The molecule has 0 saturated carbocycles. The van der Waals surface area contributed by atoms with Gasteiger partial charge >= 0.3 is 0 Å². The van der Waals surface area contributed by atoms with Crippen molar-refractivity contribution in [2.45, 2.75) is 24.4 Å². The zero-order valence-corrected chi connectivity index (χ0v) is 10.4. The number of rotatable bonds is 6. The van der Waals surface area contributed by atoms with Crippen molar-refractivity contribution in [3.63, 3.8) is 0 Å². The molecule has 0 unspecified atom stereocenters. The molecule has 0 radical (unpaired) electrons. The molecular formula is C8H13N7OS. The fourth-order valence-corrected chi connectivity index (χ4v) is 2.07. The molecule has 2 aromatic heterocycles. The van der Waals surface area contributed by atoms with Crippen LogP contribution < -0.4 is 5.32 Å². The van der Waals surface area contributed by atoms with Crippen LogP contribution in [0.4, 0.5) is 0 Å². The molecule has 0 aromatic carbocycles. The summed E-state index contributed by atoms with van der Waals surface area (Å²) in [7, 11) is 1.89. The summed E-state index contributed by atoms with van der Waals surface area (Å²) in [5.41, 5.74) is 1.62. The molecule has 0 bridgehead atoms. The van der Waals surface area contributed by atoms with Crippen molar-refractivity contribution >= 4 is 11.8 Å². The van der Waals surface area contributed by atoms with E-state index in [1.807, 2.05) is 14.0 Å². The van der Waals surface area contributed by atoms with E-state index in [0.717, 1.165) is 29.6 Å². The van der Waals surface area contributed by atoms with Crippen molar-refractivity contribution in [3.8, 4) is 0 Å². The predicted octanol–water partition coefficient (Wildman–Crippen LogP) is -0.124. The standard InChI is InChI=1S/C8H13N7OS/c1-6-7(12-16-11-6)5-17-8-10-13-14-15(8)4-3-9-2/h9H,3-5H2,1-2H3. The number of thioether (sulfide) groups is 1. The lowest BCUT2D eigenvalue weighted by Gasteiger charge is -2.02. The first kappa shape index (κ1) is 12.0. The number of aromatic nitrogens is 6. The van der Waals surface area contributed by atoms with E-state index in [1.165, 1.54) is 11.8 Å². The smallest absolute Gasteiger partial charge is 0.209 e. The Kier molecular flexibility index (Phi) is 4.04. The highest BCUT2D eigenvalue weighted by molar-refractivity contribution is 7.98. The zero-order valence-electron chi connectivity index (χ0n) is 9.62. The van der Waals surface area contributed by atoms with E-state index in [9.17, 15) is 0 Å². The highest BCUT2D eigenvalue weighted by Crippen LogP contribution is 2.19. The number of hydrogen-bond donors (Lipinski definition) is 1. The SMILES string of the molecule is CNCCn1nnnc1SCc1nonc1C. The number of aryl methyl sites for hydroxylation is 1. The molecule has 9 heteroatoms. The Bertz CT molecular complexity index is 468. The van der Waals surface area contributed by atoms with Gasteiger partial charge in [0.1, 0.15) is 11.4 Å². The van der Waals surface area contributed by atoms with Crippen molar-refractivity contribution < 1.29 is 4.63 Å². The molecule has 0 amide bonds. The normalized spacial score (nSPS) is 10.9. The van der Waals surface area contributed by atoms with Crippen LogP contribution in [-0.2, 0) is 12.3 Å². The Labute approximate surface area is 102 Å². The van der Waals surface area contributed by atoms with Crippen LogP contribution in [-0.4, -0.2) is 44.1 Å². The van der Waals surface area contributed by atoms with E-state index in [4.69, 9.17) is 0 Å². The second-order valence-electron chi connectivity index (χ2n) is 3.37. The summed E-state index contributed by atoms with van der Waals surface area (Å²) >= 11 is 1.51. The molecule has 1 N–H and O–H groups in total. The Hall–Kier alpha value is -1.48. The second kappa shape index (κ2) is 5.73. The highest BCUT2D eigenvalue weighted by Gasteiger charge is 2.10. The first-order valence-corrected chi connectivity index (χ1v) is 6.11. The van der Waals surface area contributed by atoms with Crippen LogP contribution >= 0.6 is 11.8 Å². The molecule has 2 rings (SSSR count). The molecule has 0 aliphatic rings. The lowest BCUT2D eigenvalue weighted by molar-refractivity contribution is 0.302. The molecule has 0 saturated heterocycles. The van der Waals surface area contributed by atoms with Crippen LogP contribution in [0.3, 0.4) is 0 Å². The lowest BCUT2D eigenvalue weighted by Crippen LogP contribution is -2.16. The van der Waals surface area contributed by atoms with E-state index in [1.54, 1.807) is 4.68 Å². The van der Waals surface area contributed by atoms with Gasteiger partial charge in [-0.3, -0.25) is 0 Å². The first-order chi connectivity index (χ1) is 8.31. The quantitative estimate of drug-likeness (QED) is 0.714. The zero-order chi connectivity index (χ0) is 12.1. The van der Waals surface area contributed by atoms with Gasteiger partial charge in [0.15, 0.2) is 0 Å². The van der Waals surface area contributed by atoms with Crippen LogP contribution in [0.15, 0.2) is 9.79 Å². The van der Waals surface area contributed by atoms with Crippen LogP contribution in [0.2, 0.25) is 0 Å². The maximum Gasteiger partial charge on any atom is 0.209 e. The van der Waals surface area contributed by atoms with Crippen molar-refractivity contribution in [1.82, 2.24) is 35.8 Å². The fraction of sp³-hybridized carbons (Fsp3) is 0.625. The number of nitrogens with zero attached hydrogens (tertiary/aromatic N) is 6. The molecule has 0 aliphatic heterocycles. The highest BCUT2D eigenvalue weighted by atomic mass is 32.2.